The summed E-state index contributed by atoms with van der Waals surface area (Å²) < 4.78 is 31.1. The van der Waals surface area contributed by atoms with Gasteiger partial charge in [0, 0.05) is 5.92 Å². The molecule has 0 aromatic heterocycles. The zero-order valence-electron chi connectivity index (χ0n) is 25.8. The van der Waals surface area contributed by atoms with Crippen molar-refractivity contribution in [3.05, 3.63) is 23.8 Å². The number of hydrogen-bond acceptors (Lipinski definition) is 11. The quantitative estimate of drug-likeness (QED) is 0.120. The van der Waals surface area contributed by atoms with Crippen LogP contribution in [0.1, 0.15) is 79.2 Å². The zero-order chi connectivity index (χ0) is 31.8. The molecule has 3 N–H and O–H groups in total. The number of carboxylic acid groups (broad SMARTS) is 1. The highest BCUT2D eigenvalue weighted by Crippen LogP contribution is 2.36. The predicted octanol–water partition coefficient (Wildman–Crippen LogP) is 6.14. The predicted molar refractivity (Wildman–Crippen MR) is 154 cm³/mol. The van der Waals surface area contributed by atoms with E-state index in [0.29, 0.717) is 36.7 Å². The molecule has 0 aliphatic carbocycles. The summed E-state index contributed by atoms with van der Waals surface area (Å²) in [6, 6.07) is 2.74. The number of rotatable bonds is 17. The summed E-state index contributed by atoms with van der Waals surface area (Å²) in [6.45, 7) is 13.8. The van der Waals surface area contributed by atoms with Crippen molar-refractivity contribution in [1.82, 2.24) is 0 Å². The minimum Gasteiger partial charge on any atom is -0.480 e. The topological polar surface area (TPSA) is 170 Å². The molecule has 0 fully saturated rings. The van der Waals surface area contributed by atoms with E-state index in [4.69, 9.17) is 34.2 Å². The van der Waals surface area contributed by atoms with Crippen molar-refractivity contribution in [3.63, 3.8) is 0 Å². The summed E-state index contributed by atoms with van der Waals surface area (Å²) >= 11 is 0. The molecular weight excluding hydrogens is 550 g/mol. The normalized spacial score (nSPS) is 13.3. The lowest BCUT2D eigenvalue weighted by Gasteiger charge is -2.28. The van der Waals surface area contributed by atoms with Crippen molar-refractivity contribution < 1.29 is 52.7 Å². The van der Waals surface area contributed by atoms with Gasteiger partial charge in [0.25, 0.3) is 0 Å². The first kappa shape index (κ1) is 36.5. The van der Waals surface area contributed by atoms with Gasteiger partial charge in [0.05, 0.1) is 26.4 Å². The van der Waals surface area contributed by atoms with E-state index in [1.807, 2.05) is 41.5 Å². The molecule has 2 unspecified atom stereocenters. The highest BCUT2D eigenvalue weighted by Gasteiger charge is 2.33. The minimum atomic E-state index is -1.42. The van der Waals surface area contributed by atoms with Crippen molar-refractivity contribution >= 4 is 24.4 Å². The number of benzene rings is 1. The maximum absolute atomic E-state index is 12.4. The Morgan fingerprint density at radius 2 is 1.14 bits per heavy atom. The molecule has 0 bridgehead atoms. The molecule has 238 valence electrons. The van der Waals surface area contributed by atoms with E-state index >= 15 is 0 Å². The van der Waals surface area contributed by atoms with Gasteiger partial charge in [0.15, 0.2) is 11.5 Å². The van der Waals surface area contributed by atoms with Crippen LogP contribution in [0.15, 0.2) is 18.2 Å². The second-order valence-corrected chi connectivity index (χ2v) is 11.4. The number of carbonyl (C=O) groups excluding carboxylic acids is 3. The largest absolute Gasteiger partial charge is 0.513 e. The lowest BCUT2D eigenvalue weighted by Crippen LogP contribution is -2.40. The standard InChI is InChI=1S/C30H47NO11/c1-18(2)10-13-37-28(34)40-17-21(7)25(26(31)27(32)33)22-8-9-23(41-29(35)38-14-11-19(3)4)24(16-22)42-30(36)39-15-12-20(5)6/h8-9,16,18-21,25-26H,10-15,17,31H2,1-7H3,(H,32,33)/t21?,25?,26-/m0/s1. The van der Waals surface area contributed by atoms with E-state index in [1.54, 1.807) is 6.92 Å². The minimum absolute atomic E-state index is 0.109. The van der Waals surface area contributed by atoms with Crippen LogP contribution in [0.5, 0.6) is 11.5 Å². The van der Waals surface area contributed by atoms with Crippen LogP contribution in [0.2, 0.25) is 0 Å². The Morgan fingerprint density at radius 3 is 1.60 bits per heavy atom. The van der Waals surface area contributed by atoms with E-state index in [-0.39, 0.29) is 43.8 Å². The average Bonchev–Trinajstić information content (AvgIpc) is 2.88. The summed E-state index contributed by atoms with van der Waals surface area (Å²) in [5.41, 5.74) is 6.38. The molecular formula is C30H47NO11. The van der Waals surface area contributed by atoms with Gasteiger partial charge >= 0.3 is 24.4 Å². The summed E-state index contributed by atoms with van der Waals surface area (Å²) in [4.78, 5) is 48.7. The molecule has 0 aliphatic heterocycles. The molecule has 0 amide bonds. The van der Waals surface area contributed by atoms with Gasteiger partial charge in [-0.3, -0.25) is 4.79 Å². The van der Waals surface area contributed by atoms with E-state index in [0.717, 1.165) is 0 Å². The number of carboxylic acids is 1. The molecule has 1 rings (SSSR count). The van der Waals surface area contributed by atoms with Gasteiger partial charge in [-0.15, -0.1) is 0 Å². The molecule has 12 nitrogen and oxygen atoms in total. The highest BCUT2D eigenvalue weighted by molar-refractivity contribution is 5.75. The molecule has 0 radical (unpaired) electrons. The molecule has 0 saturated heterocycles. The fourth-order valence-electron chi connectivity index (χ4n) is 3.66. The monoisotopic (exact) mass is 597 g/mol. The Bertz CT molecular complexity index is 1010. The van der Waals surface area contributed by atoms with Gasteiger partial charge in [0.2, 0.25) is 0 Å². The highest BCUT2D eigenvalue weighted by atomic mass is 16.7. The van der Waals surface area contributed by atoms with Crippen molar-refractivity contribution in [3.8, 4) is 11.5 Å². The fraction of sp³-hybridized carbons (Fsp3) is 0.667. The van der Waals surface area contributed by atoms with Crippen molar-refractivity contribution in [2.24, 2.45) is 29.4 Å². The maximum atomic E-state index is 12.4. The van der Waals surface area contributed by atoms with Crippen LogP contribution in [0.4, 0.5) is 14.4 Å². The summed E-state index contributed by atoms with van der Waals surface area (Å²) in [5.74, 6) is -2.22. The van der Waals surface area contributed by atoms with E-state index in [9.17, 15) is 24.3 Å². The summed E-state index contributed by atoms with van der Waals surface area (Å²) in [5, 5.41) is 9.71. The third kappa shape index (κ3) is 14.4. The van der Waals surface area contributed by atoms with E-state index in [2.05, 4.69) is 0 Å². The lowest BCUT2D eigenvalue weighted by molar-refractivity contribution is -0.139. The van der Waals surface area contributed by atoms with Crippen LogP contribution in [0.3, 0.4) is 0 Å². The van der Waals surface area contributed by atoms with Crippen LogP contribution in [-0.2, 0) is 23.7 Å². The van der Waals surface area contributed by atoms with Gasteiger partial charge in [0.1, 0.15) is 6.04 Å². The molecule has 0 aliphatic rings. The zero-order valence-corrected chi connectivity index (χ0v) is 25.8. The molecule has 1 aromatic carbocycles. The van der Waals surface area contributed by atoms with Crippen molar-refractivity contribution in [2.75, 3.05) is 26.4 Å². The number of hydrogen-bond donors (Lipinski definition) is 2. The SMILES string of the molecule is CC(C)CCOC(=O)OCC(C)C(c1ccc(OC(=O)OCCC(C)C)c(OC(=O)OCCC(C)C)c1)[C@H](N)C(=O)O. The molecule has 1 aromatic rings. The fourth-order valence-corrected chi connectivity index (χ4v) is 3.66. The number of ether oxygens (including phenoxy) is 6. The Hall–Kier alpha value is -3.54. The smallest absolute Gasteiger partial charge is 0.480 e. The molecule has 3 atom stereocenters. The van der Waals surface area contributed by atoms with Crippen molar-refractivity contribution in [1.29, 1.82) is 0 Å². The Labute approximate surface area is 248 Å². The first-order valence-corrected chi connectivity index (χ1v) is 14.3. The summed E-state index contributed by atoms with van der Waals surface area (Å²) in [7, 11) is 0. The lowest BCUT2D eigenvalue weighted by atomic mass is 9.82. The third-order valence-electron chi connectivity index (χ3n) is 6.23. The van der Waals surface area contributed by atoms with Crippen LogP contribution < -0.4 is 15.2 Å². The van der Waals surface area contributed by atoms with E-state index < -0.39 is 42.3 Å². The number of nitrogens with two attached hydrogens (primary N) is 1. The van der Waals surface area contributed by atoms with Crippen LogP contribution in [0.25, 0.3) is 0 Å². The maximum Gasteiger partial charge on any atom is 0.513 e. The van der Waals surface area contributed by atoms with E-state index in [1.165, 1.54) is 18.2 Å². The van der Waals surface area contributed by atoms with Crippen LogP contribution in [-0.4, -0.2) is 62.0 Å². The summed E-state index contributed by atoms with van der Waals surface area (Å²) in [6.07, 6.45) is -1.02. The van der Waals surface area contributed by atoms with Crippen molar-refractivity contribution in [2.45, 2.75) is 79.7 Å². The molecule has 12 heteroatoms. The Kier molecular flexibility index (Phi) is 16.3. The van der Waals surface area contributed by atoms with Gasteiger partial charge in [-0.1, -0.05) is 54.5 Å². The Balaban J connectivity index is 3.21. The van der Waals surface area contributed by atoms with Crippen LogP contribution >= 0.6 is 0 Å². The first-order valence-electron chi connectivity index (χ1n) is 14.3. The molecule has 0 spiro atoms. The number of carbonyl (C=O) groups is 4. The second-order valence-electron chi connectivity index (χ2n) is 11.4. The molecule has 0 heterocycles. The number of aliphatic carboxylic acids is 1. The van der Waals surface area contributed by atoms with Gasteiger partial charge in [-0.05, 0) is 60.6 Å². The first-order chi connectivity index (χ1) is 19.7. The second kappa shape index (κ2) is 18.8. The van der Waals surface area contributed by atoms with Gasteiger partial charge in [-0.2, -0.15) is 0 Å². The molecule has 0 saturated carbocycles. The van der Waals surface area contributed by atoms with Crippen LogP contribution in [0, 0.1) is 23.7 Å². The third-order valence-corrected chi connectivity index (χ3v) is 6.23. The average molecular weight is 598 g/mol. The Morgan fingerprint density at radius 1 is 0.690 bits per heavy atom. The molecule has 42 heavy (non-hydrogen) atoms. The van der Waals surface area contributed by atoms with Gasteiger partial charge < -0.3 is 39.3 Å². The van der Waals surface area contributed by atoms with Gasteiger partial charge in [-0.25, -0.2) is 14.4 Å².